The van der Waals surface area contributed by atoms with Gasteiger partial charge in [-0.15, -0.1) is 0 Å². The molecular formula is C10H10NNaO4S. The van der Waals surface area contributed by atoms with Gasteiger partial charge in [0.1, 0.15) is 15.5 Å². The van der Waals surface area contributed by atoms with Gasteiger partial charge in [0.15, 0.2) is 0 Å². The molecule has 0 aromatic heterocycles. The molecule has 86 valence electrons. The van der Waals surface area contributed by atoms with Crippen LogP contribution < -0.4 is 34.5 Å². The molecule has 7 heteroatoms. The van der Waals surface area contributed by atoms with Crippen molar-refractivity contribution in [3.63, 3.8) is 0 Å². The number of anilines is 1. The van der Waals surface area contributed by atoms with Crippen LogP contribution in [0.25, 0.3) is 0 Å². The summed E-state index contributed by atoms with van der Waals surface area (Å²) in [6.45, 7) is 1.25. The monoisotopic (exact) mass is 263 g/mol. The first kappa shape index (κ1) is 14.7. The first-order chi connectivity index (χ1) is 7.41. The molecule has 17 heavy (non-hydrogen) atoms. The molecule has 1 atom stereocenters. The van der Waals surface area contributed by atoms with Crippen LogP contribution in [0.15, 0.2) is 24.3 Å². The van der Waals surface area contributed by atoms with Crippen molar-refractivity contribution in [2.24, 2.45) is 0 Å². The Hall–Kier alpha value is -0.400. The minimum absolute atomic E-state index is 0. The molecule has 0 bridgehead atoms. The van der Waals surface area contributed by atoms with Crippen LogP contribution in [0.3, 0.4) is 0 Å². The molecule has 1 aliphatic heterocycles. The predicted molar refractivity (Wildman–Crippen MR) is 56.8 cm³/mol. The Morgan fingerprint density at radius 3 is 2.53 bits per heavy atom. The summed E-state index contributed by atoms with van der Waals surface area (Å²) in [4.78, 5) is 12.4. The van der Waals surface area contributed by atoms with Crippen molar-refractivity contribution in [2.75, 3.05) is 4.90 Å². The van der Waals surface area contributed by atoms with E-state index in [0.717, 1.165) is 4.90 Å². The third-order valence-electron chi connectivity index (χ3n) is 2.61. The van der Waals surface area contributed by atoms with Gasteiger partial charge in [0.05, 0.1) is 0 Å². The van der Waals surface area contributed by atoms with Gasteiger partial charge in [-0.05, 0) is 11.6 Å². The van der Waals surface area contributed by atoms with Crippen molar-refractivity contribution in [1.29, 1.82) is 0 Å². The summed E-state index contributed by atoms with van der Waals surface area (Å²) in [6.07, 6.45) is 0.0710. The smallest absolute Gasteiger partial charge is 0.746 e. The van der Waals surface area contributed by atoms with E-state index in [9.17, 15) is 17.8 Å². The van der Waals surface area contributed by atoms with Crippen LogP contribution in [0.4, 0.5) is 5.69 Å². The predicted octanol–water partition coefficient (Wildman–Crippen LogP) is -2.53. The Bertz CT molecular complexity index is 543. The van der Waals surface area contributed by atoms with Crippen molar-refractivity contribution < 1.29 is 47.3 Å². The molecule has 1 unspecified atom stereocenters. The summed E-state index contributed by atoms with van der Waals surface area (Å²) < 4.78 is 33.2. The molecule has 0 fully saturated rings. The summed E-state index contributed by atoms with van der Waals surface area (Å²) in [5.74, 6) is -0.436. The first-order valence-electron chi connectivity index (χ1n) is 4.73. The molecule has 5 nitrogen and oxygen atoms in total. The van der Waals surface area contributed by atoms with Gasteiger partial charge in [-0.25, -0.2) is 8.42 Å². The molecule has 1 aromatic carbocycles. The second-order valence-corrected chi connectivity index (χ2v) is 5.20. The molecule has 0 N–H and O–H groups in total. The topological polar surface area (TPSA) is 77.5 Å². The van der Waals surface area contributed by atoms with Crippen molar-refractivity contribution in [2.45, 2.75) is 18.7 Å². The number of nitrogens with zero attached hydrogens (tertiary/aromatic N) is 1. The van der Waals surface area contributed by atoms with Crippen molar-refractivity contribution in [3.05, 3.63) is 29.8 Å². The molecule has 1 amide bonds. The number of rotatable bonds is 1. The van der Waals surface area contributed by atoms with Crippen LogP contribution in [0.5, 0.6) is 0 Å². The Balaban J connectivity index is 0.00000144. The van der Waals surface area contributed by atoms with Gasteiger partial charge in [-0.1, -0.05) is 18.2 Å². The Morgan fingerprint density at radius 2 is 2.00 bits per heavy atom. The fourth-order valence-electron chi connectivity index (χ4n) is 1.96. The number of fused-ring (bicyclic) bond motifs is 1. The molecule has 0 saturated carbocycles. The van der Waals surface area contributed by atoms with Gasteiger partial charge in [0.2, 0.25) is 5.91 Å². The molecule has 2 rings (SSSR count). The quantitative estimate of drug-likeness (QED) is 0.413. The fourth-order valence-corrected chi connectivity index (χ4v) is 2.86. The van der Waals surface area contributed by atoms with Gasteiger partial charge in [-0.3, -0.25) is 9.69 Å². The van der Waals surface area contributed by atoms with Crippen LogP contribution in [0.1, 0.15) is 12.5 Å². The van der Waals surface area contributed by atoms with E-state index in [2.05, 4.69) is 0 Å². The summed E-state index contributed by atoms with van der Waals surface area (Å²) >= 11 is 0. The number of para-hydroxylation sites is 1. The summed E-state index contributed by atoms with van der Waals surface area (Å²) in [7, 11) is -4.51. The maximum absolute atomic E-state index is 11.4. The molecule has 0 radical (unpaired) electrons. The van der Waals surface area contributed by atoms with E-state index in [-0.39, 0.29) is 36.0 Å². The van der Waals surface area contributed by atoms with Gasteiger partial charge in [0, 0.05) is 19.0 Å². The number of hydrogen-bond acceptors (Lipinski definition) is 4. The van der Waals surface area contributed by atoms with Crippen LogP contribution in [-0.2, 0) is 21.3 Å². The molecule has 1 aliphatic rings. The van der Waals surface area contributed by atoms with E-state index in [4.69, 9.17) is 0 Å². The van der Waals surface area contributed by atoms with Crippen LogP contribution in [0.2, 0.25) is 0 Å². The fraction of sp³-hybridized carbons (Fsp3) is 0.300. The van der Waals surface area contributed by atoms with Gasteiger partial charge < -0.3 is 4.55 Å². The van der Waals surface area contributed by atoms with E-state index < -0.39 is 21.4 Å². The van der Waals surface area contributed by atoms with E-state index in [1.54, 1.807) is 24.3 Å². The number of benzene rings is 1. The largest absolute Gasteiger partial charge is 1.00 e. The second-order valence-electron chi connectivity index (χ2n) is 3.67. The molecule has 1 aromatic rings. The Labute approximate surface area is 122 Å². The number of amides is 1. The van der Waals surface area contributed by atoms with E-state index in [0.29, 0.717) is 11.3 Å². The second kappa shape index (κ2) is 5.07. The van der Waals surface area contributed by atoms with E-state index in [1.165, 1.54) is 6.92 Å². The van der Waals surface area contributed by atoms with E-state index in [1.807, 2.05) is 0 Å². The van der Waals surface area contributed by atoms with Crippen molar-refractivity contribution >= 4 is 21.7 Å². The maximum atomic E-state index is 11.4. The average Bonchev–Trinajstić information content (AvgIpc) is 2.55. The minimum Gasteiger partial charge on any atom is -0.746 e. The van der Waals surface area contributed by atoms with Crippen LogP contribution in [-0.4, -0.2) is 24.3 Å². The number of hydrogen-bond donors (Lipinski definition) is 0. The maximum Gasteiger partial charge on any atom is 1.00 e. The van der Waals surface area contributed by atoms with Crippen LogP contribution in [0, 0.1) is 0 Å². The molecule has 0 aliphatic carbocycles. The van der Waals surface area contributed by atoms with Gasteiger partial charge in [0.25, 0.3) is 0 Å². The average molecular weight is 263 g/mol. The SMILES string of the molecule is CC(=O)N1c2ccccc2CC1S(=O)(=O)[O-].[Na+]. The summed E-state index contributed by atoms with van der Waals surface area (Å²) in [6, 6.07) is 6.81. The zero-order chi connectivity index (χ0) is 11.9. The minimum atomic E-state index is -4.51. The zero-order valence-corrected chi connectivity index (χ0v) is 12.4. The molecule has 0 spiro atoms. The van der Waals surface area contributed by atoms with Crippen molar-refractivity contribution in [3.8, 4) is 0 Å². The van der Waals surface area contributed by atoms with Gasteiger partial charge >= 0.3 is 29.6 Å². The number of carbonyl (C=O) groups excluding carboxylic acids is 1. The molecule has 1 heterocycles. The standard InChI is InChI=1S/C10H11NO4S.Na/c1-7(12)11-9-5-3-2-4-8(9)6-10(11)16(13,14)15;/h2-5,10H,6H2,1H3,(H,13,14,15);/q;+1/p-1. The number of carbonyl (C=O) groups is 1. The Morgan fingerprint density at radius 1 is 1.41 bits per heavy atom. The summed E-state index contributed by atoms with van der Waals surface area (Å²) in [5, 5.41) is -1.30. The van der Waals surface area contributed by atoms with E-state index >= 15 is 0 Å². The third kappa shape index (κ3) is 2.71. The Kier molecular flexibility index (Phi) is 4.38. The van der Waals surface area contributed by atoms with Gasteiger partial charge in [-0.2, -0.15) is 0 Å². The normalized spacial score (nSPS) is 18.5. The third-order valence-corrected chi connectivity index (χ3v) is 3.65. The zero-order valence-electron chi connectivity index (χ0n) is 9.58. The summed E-state index contributed by atoms with van der Waals surface area (Å²) in [5.41, 5.74) is 1.22. The molecule has 0 saturated heterocycles. The first-order valence-corrected chi connectivity index (χ1v) is 6.21. The van der Waals surface area contributed by atoms with Crippen LogP contribution >= 0.6 is 0 Å². The van der Waals surface area contributed by atoms with Crippen molar-refractivity contribution in [1.82, 2.24) is 0 Å². The molecular weight excluding hydrogens is 253 g/mol.